The standard InChI is InChI=1S/C26H27N7O2/c1-16-9-20(7-8-35-16)33-24(11-25(34)30-18-13-29-32(15-18)19-3-2-4-19)31-23-14-28-22-6-5-17(12-27)10-21(22)26(23)33/h5-6,10,13-16,19-20H,2-4,7-9,11H2,1H3,(H,30,34)/t16-,20-/m1/s1. The second kappa shape index (κ2) is 8.78. The number of rotatable bonds is 5. The van der Waals surface area contributed by atoms with E-state index in [9.17, 15) is 10.1 Å². The summed E-state index contributed by atoms with van der Waals surface area (Å²) in [6, 6.07) is 8.32. The zero-order valence-electron chi connectivity index (χ0n) is 19.6. The van der Waals surface area contributed by atoms with Gasteiger partial charge in [0.25, 0.3) is 0 Å². The third-order valence-electron chi connectivity index (χ3n) is 7.19. The first-order valence-electron chi connectivity index (χ1n) is 12.2. The molecule has 35 heavy (non-hydrogen) atoms. The third-order valence-corrected chi connectivity index (χ3v) is 7.19. The highest BCUT2D eigenvalue weighted by molar-refractivity contribution is 6.03. The first kappa shape index (κ1) is 21.7. The quantitative estimate of drug-likeness (QED) is 0.467. The van der Waals surface area contributed by atoms with Gasteiger partial charge in [-0.15, -0.1) is 0 Å². The maximum absolute atomic E-state index is 13.1. The normalized spacial score (nSPS) is 20.6. The van der Waals surface area contributed by atoms with E-state index in [1.807, 2.05) is 23.0 Å². The monoisotopic (exact) mass is 469 g/mol. The predicted molar refractivity (Wildman–Crippen MR) is 131 cm³/mol. The summed E-state index contributed by atoms with van der Waals surface area (Å²) < 4.78 is 9.94. The second-order valence-corrected chi connectivity index (χ2v) is 9.61. The van der Waals surface area contributed by atoms with Crippen LogP contribution in [0.4, 0.5) is 5.69 Å². The van der Waals surface area contributed by atoms with E-state index in [4.69, 9.17) is 9.72 Å². The van der Waals surface area contributed by atoms with Crippen LogP contribution in [0.1, 0.15) is 62.5 Å². The Balaban J connectivity index is 1.38. The summed E-state index contributed by atoms with van der Waals surface area (Å²) in [7, 11) is 0. The van der Waals surface area contributed by atoms with Gasteiger partial charge in [-0.2, -0.15) is 10.4 Å². The van der Waals surface area contributed by atoms with Crippen molar-refractivity contribution >= 4 is 33.5 Å². The molecule has 1 aliphatic carbocycles. The fraction of sp³-hybridized carbons (Fsp3) is 0.423. The van der Waals surface area contributed by atoms with E-state index in [2.05, 4.69) is 33.0 Å². The first-order chi connectivity index (χ1) is 17.1. The van der Waals surface area contributed by atoms with Crippen molar-refractivity contribution in [2.75, 3.05) is 11.9 Å². The van der Waals surface area contributed by atoms with Gasteiger partial charge in [-0.1, -0.05) is 0 Å². The molecule has 1 aromatic carbocycles. The minimum atomic E-state index is -0.134. The third kappa shape index (κ3) is 4.04. The summed E-state index contributed by atoms with van der Waals surface area (Å²) in [5, 5.41) is 17.8. The molecule has 0 unspecified atom stereocenters. The Morgan fingerprint density at radius 1 is 1.23 bits per heavy atom. The minimum Gasteiger partial charge on any atom is -0.378 e. The molecule has 2 fully saturated rings. The molecule has 1 saturated carbocycles. The lowest BCUT2D eigenvalue weighted by molar-refractivity contribution is -0.115. The van der Waals surface area contributed by atoms with Crippen molar-refractivity contribution in [2.24, 2.45) is 0 Å². The molecule has 1 amide bonds. The number of ether oxygens (including phenoxy) is 1. The van der Waals surface area contributed by atoms with Gasteiger partial charge in [-0.05, 0) is 57.2 Å². The lowest BCUT2D eigenvalue weighted by atomic mass is 9.93. The SMILES string of the molecule is C[C@@H]1C[C@H](n2c(CC(=O)Nc3cnn(C4CCC4)c3)nc3cnc4ccc(C#N)cc4c32)CCO1. The molecule has 1 aliphatic heterocycles. The molecule has 9 nitrogen and oxygen atoms in total. The van der Waals surface area contributed by atoms with Crippen LogP contribution >= 0.6 is 0 Å². The molecule has 2 aliphatic rings. The highest BCUT2D eigenvalue weighted by Gasteiger charge is 2.27. The smallest absolute Gasteiger partial charge is 0.232 e. The zero-order valence-corrected chi connectivity index (χ0v) is 19.6. The molecule has 0 radical (unpaired) electrons. The molecular weight excluding hydrogens is 442 g/mol. The minimum absolute atomic E-state index is 0.119. The number of hydrogen-bond acceptors (Lipinski definition) is 6. The lowest BCUT2D eigenvalue weighted by Gasteiger charge is -2.30. The van der Waals surface area contributed by atoms with E-state index in [1.165, 1.54) is 6.42 Å². The molecule has 0 spiro atoms. The topological polar surface area (TPSA) is 111 Å². The first-order valence-corrected chi connectivity index (χ1v) is 12.2. The van der Waals surface area contributed by atoms with Crippen molar-refractivity contribution in [3.05, 3.63) is 48.2 Å². The Kier molecular flexibility index (Phi) is 5.46. The van der Waals surface area contributed by atoms with Crippen LogP contribution in [0.5, 0.6) is 0 Å². The van der Waals surface area contributed by atoms with Gasteiger partial charge in [0, 0.05) is 24.2 Å². The van der Waals surface area contributed by atoms with Crippen molar-refractivity contribution in [3.8, 4) is 6.07 Å². The van der Waals surface area contributed by atoms with Crippen LogP contribution in [0.3, 0.4) is 0 Å². The Hall–Kier alpha value is -3.77. The van der Waals surface area contributed by atoms with Gasteiger partial charge in [0.05, 0.1) is 59.3 Å². The number of benzene rings is 1. The van der Waals surface area contributed by atoms with E-state index < -0.39 is 0 Å². The van der Waals surface area contributed by atoms with Crippen LogP contribution in [0.15, 0.2) is 36.8 Å². The van der Waals surface area contributed by atoms with Crippen LogP contribution in [-0.4, -0.2) is 42.9 Å². The van der Waals surface area contributed by atoms with Gasteiger partial charge >= 0.3 is 0 Å². The Morgan fingerprint density at radius 2 is 2.11 bits per heavy atom. The summed E-state index contributed by atoms with van der Waals surface area (Å²) in [4.78, 5) is 22.5. The number of nitrogens with one attached hydrogen (secondary N) is 1. The van der Waals surface area contributed by atoms with Crippen molar-refractivity contribution < 1.29 is 9.53 Å². The molecule has 6 rings (SSSR count). The molecule has 1 N–H and O–H groups in total. The van der Waals surface area contributed by atoms with Crippen molar-refractivity contribution in [1.29, 1.82) is 5.26 Å². The van der Waals surface area contributed by atoms with Crippen LogP contribution in [0.25, 0.3) is 21.9 Å². The maximum atomic E-state index is 13.1. The summed E-state index contributed by atoms with van der Waals surface area (Å²) in [6.45, 7) is 2.73. The fourth-order valence-corrected chi connectivity index (χ4v) is 5.22. The molecule has 4 heterocycles. The summed E-state index contributed by atoms with van der Waals surface area (Å²) >= 11 is 0. The summed E-state index contributed by atoms with van der Waals surface area (Å²) in [5.74, 6) is 0.560. The number of carbonyl (C=O) groups excluding carboxylic acids is 1. The van der Waals surface area contributed by atoms with Gasteiger partial charge in [-0.3, -0.25) is 14.5 Å². The molecule has 0 bridgehead atoms. The van der Waals surface area contributed by atoms with Crippen molar-refractivity contribution in [1.82, 2.24) is 24.3 Å². The number of hydrogen-bond donors (Lipinski definition) is 1. The Morgan fingerprint density at radius 3 is 2.89 bits per heavy atom. The number of nitrogens with zero attached hydrogens (tertiary/aromatic N) is 6. The van der Waals surface area contributed by atoms with Crippen LogP contribution in [0.2, 0.25) is 0 Å². The van der Waals surface area contributed by atoms with Crippen molar-refractivity contribution in [2.45, 2.75) is 63.6 Å². The van der Waals surface area contributed by atoms with E-state index >= 15 is 0 Å². The van der Waals surface area contributed by atoms with Gasteiger partial charge in [0.2, 0.25) is 5.91 Å². The van der Waals surface area contributed by atoms with Gasteiger partial charge < -0.3 is 14.6 Å². The van der Waals surface area contributed by atoms with E-state index in [0.717, 1.165) is 47.6 Å². The maximum Gasteiger partial charge on any atom is 0.232 e. The molecule has 3 aromatic heterocycles. The molecule has 2 atom stereocenters. The molecule has 9 heteroatoms. The van der Waals surface area contributed by atoms with Gasteiger partial charge in [0.1, 0.15) is 11.3 Å². The largest absolute Gasteiger partial charge is 0.378 e. The number of aromatic nitrogens is 5. The van der Waals surface area contributed by atoms with E-state index in [0.29, 0.717) is 29.7 Å². The zero-order chi connectivity index (χ0) is 23.9. The number of imidazole rings is 1. The van der Waals surface area contributed by atoms with Crippen LogP contribution in [-0.2, 0) is 16.0 Å². The summed E-state index contributed by atoms with van der Waals surface area (Å²) in [6.07, 6.45) is 10.8. The van der Waals surface area contributed by atoms with Gasteiger partial charge in [0.15, 0.2) is 0 Å². The highest BCUT2D eigenvalue weighted by atomic mass is 16.5. The molecule has 4 aromatic rings. The number of fused-ring (bicyclic) bond motifs is 3. The summed E-state index contributed by atoms with van der Waals surface area (Å²) in [5.41, 5.74) is 3.73. The number of nitriles is 1. The molecule has 178 valence electrons. The second-order valence-electron chi connectivity index (χ2n) is 9.61. The van der Waals surface area contributed by atoms with Crippen LogP contribution in [0, 0.1) is 11.3 Å². The number of pyridine rings is 1. The lowest BCUT2D eigenvalue weighted by Crippen LogP contribution is -2.27. The van der Waals surface area contributed by atoms with Crippen molar-refractivity contribution in [3.63, 3.8) is 0 Å². The average Bonchev–Trinajstić information content (AvgIpc) is 3.41. The highest BCUT2D eigenvalue weighted by Crippen LogP contribution is 2.34. The fourth-order valence-electron chi connectivity index (χ4n) is 5.22. The molecular formula is C26H27N7O2. The van der Waals surface area contributed by atoms with Gasteiger partial charge in [-0.25, -0.2) is 4.98 Å². The predicted octanol–water partition coefficient (Wildman–Crippen LogP) is 4.30. The Bertz CT molecular complexity index is 1460. The average molecular weight is 470 g/mol. The molecule has 1 saturated heterocycles. The van der Waals surface area contributed by atoms with Crippen LogP contribution < -0.4 is 5.32 Å². The number of carbonyl (C=O) groups is 1. The number of anilines is 1. The van der Waals surface area contributed by atoms with E-state index in [-0.39, 0.29) is 24.5 Å². The number of amides is 1. The Labute approximate surface area is 202 Å². The van der Waals surface area contributed by atoms with E-state index in [1.54, 1.807) is 18.5 Å².